The predicted octanol–water partition coefficient (Wildman–Crippen LogP) is 11.7. The smallest absolute Gasteiger partial charge is 0.295 e. The molecule has 15 heteroatoms. The zero-order valence-corrected chi connectivity index (χ0v) is 31.5. The van der Waals surface area contributed by atoms with Crippen molar-refractivity contribution in [3.63, 3.8) is 0 Å². The molecule has 0 aromatic heterocycles. The Kier molecular flexibility index (Phi) is 10.3. The first-order valence-electron chi connectivity index (χ1n) is 17.4. The average molecular weight is 779 g/mol. The third-order valence-corrected chi connectivity index (χ3v) is 10.0. The van der Waals surface area contributed by atoms with E-state index in [0.29, 0.717) is 66.8 Å². The van der Waals surface area contributed by atoms with Gasteiger partial charge in [-0.05, 0) is 133 Å². The van der Waals surface area contributed by atoms with Crippen LogP contribution in [0.5, 0.6) is 11.5 Å². The third-order valence-electron chi connectivity index (χ3n) is 9.12. The van der Waals surface area contributed by atoms with Gasteiger partial charge >= 0.3 is 0 Å². The van der Waals surface area contributed by atoms with Gasteiger partial charge in [0.1, 0.15) is 22.0 Å². The first-order valence-corrected chi connectivity index (χ1v) is 18.8. The van der Waals surface area contributed by atoms with Crippen molar-refractivity contribution in [3.05, 3.63) is 138 Å². The summed E-state index contributed by atoms with van der Waals surface area (Å²) in [6.07, 6.45) is 0. The quantitative estimate of drug-likeness (QED) is 0.0540. The molecule has 0 saturated heterocycles. The van der Waals surface area contributed by atoms with Crippen LogP contribution in [0, 0.1) is 20.8 Å². The van der Waals surface area contributed by atoms with Crippen LogP contribution < -0.4 is 11.1 Å². The summed E-state index contributed by atoms with van der Waals surface area (Å²) in [5, 5.41) is 52.6. The molecule has 14 nitrogen and oxygen atoms in total. The molecule has 6 N–H and O–H groups in total. The number of carbonyl (C=O) groups excluding carboxylic acids is 1. The number of nitrogen functional groups attached to an aromatic ring is 1. The number of phenols is 2. The summed E-state index contributed by atoms with van der Waals surface area (Å²) in [5.41, 5.74) is 11.7. The molecule has 0 fully saturated rings. The fraction of sp³-hybridized carbons (Fsp3) is 0.0714. The van der Waals surface area contributed by atoms with Crippen LogP contribution in [0.2, 0.25) is 0 Å². The molecule has 0 aliphatic carbocycles. The molecule has 7 aromatic carbocycles. The highest BCUT2D eigenvalue weighted by molar-refractivity contribution is 7.86. The number of amides is 1. The number of phenolic OH excluding ortho intramolecular Hbond substituents is 2. The Labute approximate surface area is 326 Å². The van der Waals surface area contributed by atoms with Crippen LogP contribution >= 0.6 is 0 Å². The number of nitrogens with two attached hydrogens (primary N) is 1. The number of aromatic hydroxyl groups is 2. The van der Waals surface area contributed by atoms with Gasteiger partial charge in [-0.3, -0.25) is 9.35 Å². The fourth-order valence-electron chi connectivity index (χ4n) is 6.00. The van der Waals surface area contributed by atoms with Gasteiger partial charge in [-0.25, -0.2) is 0 Å². The number of nitrogens with one attached hydrogen (secondary N) is 1. The summed E-state index contributed by atoms with van der Waals surface area (Å²) in [7, 11) is -4.43. The third kappa shape index (κ3) is 8.34. The van der Waals surface area contributed by atoms with Crippen LogP contribution in [0.3, 0.4) is 0 Å². The number of azo groups is 3. The van der Waals surface area contributed by atoms with Crippen LogP contribution in [0.1, 0.15) is 27.0 Å². The van der Waals surface area contributed by atoms with Gasteiger partial charge in [0.25, 0.3) is 16.0 Å². The van der Waals surface area contributed by atoms with Gasteiger partial charge in [0.05, 0.1) is 22.7 Å². The van der Waals surface area contributed by atoms with Crippen molar-refractivity contribution < 1.29 is 28.0 Å². The molecular weight excluding hydrogens is 745 g/mol. The van der Waals surface area contributed by atoms with Crippen LogP contribution in [-0.4, -0.2) is 29.1 Å². The van der Waals surface area contributed by atoms with E-state index in [2.05, 4.69) is 36.0 Å². The second kappa shape index (κ2) is 15.4. The SMILES string of the molecule is Cc1cc(N=Nc2cc(O)c(N=Nc3ccc4cc(NC(=O)c5ccc(N)cc5)ccc4c3O)cc2C)c(C)cc1N=Nc1ccc2cccc(S(=O)(=O)O)c2c1. The van der Waals surface area contributed by atoms with E-state index in [1.807, 2.05) is 13.8 Å². The van der Waals surface area contributed by atoms with Crippen molar-refractivity contribution >= 4 is 83.1 Å². The number of carbonyl (C=O) groups is 1. The van der Waals surface area contributed by atoms with Gasteiger partial charge < -0.3 is 21.3 Å². The number of nitrogens with zero attached hydrogens (tertiary/aromatic N) is 6. The minimum Gasteiger partial charge on any atom is -0.506 e. The Morgan fingerprint density at radius 1 is 0.596 bits per heavy atom. The number of aryl methyl sites for hydroxylation is 3. The zero-order valence-electron chi connectivity index (χ0n) is 30.7. The summed E-state index contributed by atoms with van der Waals surface area (Å²) >= 11 is 0. The normalized spacial score (nSPS) is 12.1. The maximum Gasteiger partial charge on any atom is 0.295 e. The van der Waals surface area contributed by atoms with Crippen molar-refractivity contribution in [1.29, 1.82) is 0 Å². The highest BCUT2D eigenvalue weighted by Gasteiger charge is 2.15. The van der Waals surface area contributed by atoms with Gasteiger partial charge in [-0.15, -0.1) is 10.2 Å². The minimum absolute atomic E-state index is 0.115. The summed E-state index contributed by atoms with van der Waals surface area (Å²) in [5.74, 6) is -0.606. The van der Waals surface area contributed by atoms with Crippen LogP contribution in [0.25, 0.3) is 21.5 Å². The first kappa shape index (κ1) is 37.9. The van der Waals surface area contributed by atoms with Crippen molar-refractivity contribution in [2.24, 2.45) is 30.7 Å². The molecule has 0 spiro atoms. The highest BCUT2D eigenvalue weighted by atomic mass is 32.2. The van der Waals surface area contributed by atoms with Crippen molar-refractivity contribution in [3.8, 4) is 11.5 Å². The maximum absolute atomic E-state index is 12.6. The number of rotatable bonds is 9. The largest absolute Gasteiger partial charge is 0.506 e. The number of anilines is 2. The number of hydrogen-bond acceptors (Lipinski definition) is 12. The molecule has 57 heavy (non-hydrogen) atoms. The summed E-state index contributed by atoms with van der Waals surface area (Å²) < 4.78 is 33.4. The maximum atomic E-state index is 12.6. The molecule has 0 aliphatic rings. The van der Waals surface area contributed by atoms with Crippen LogP contribution in [0.4, 0.5) is 45.5 Å². The Hall–Kier alpha value is -7.36. The van der Waals surface area contributed by atoms with Crippen molar-refractivity contribution in [2.45, 2.75) is 25.7 Å². The molecule has 7 rings (SSSR count). The van der Waals surface area contributed by atoms with Gasteiger partial charge in [0, 0.05) is 33.8 Å². The topological polar surface area (TPSA) is 224 Å². The van der Waals surface area contributed by atoms with Crippen LogP contribution in [-0.2, 0) is 10.1 Å². The molecule has 284 valence electrons. The second-order valence-corrected chi connectivity index (χ2v) is 14.6. The molecule has 0 saturated carbocycles. The lowest BCUT2D eigenvalue weighted by Crippen LogP contribution is -2.11. The lowest BCUT2D eigenvalue weighted by molar-refractivity contribution is 0.102. The number of benzene rings is 7. The van der Waals surface area contributed by atoms with Crippen molar-refractivity contribution in [2.75, 3.05) is 11.1 Å². The number of hydrogen-bond donors (Lipinski definition) is 5. The zero-order chi connectivity index (χ0) is 40.4. The Morgan fingerprint density at radius 2 is 1.19 bits per heavy atom. The van der Waals surface area contributed by atoms with E-state index in [4.69, 9.17) is 5.73 Å². The molecular formula is C42H34N8O6S. The summed E-state index contributed by atoms with van der Waals surface area (Å²) in [4.78, 5) is 12.4. The van der Waals surface area contributed by atoms with E-state index in [-0.39, 0.29) is 33.7 Å². The monoisotopic (exact) mass is 778 g/mol. The van der Waals surface area contributed by atoms with Gasteiger partial charge in [0.15, 0.2) is 5.75 Å². The fourth-order valence-corrected chi connectivity index (χ4v) is 6.71. The first-order chi connectivity index (χ1) is 27.2. The predicted molar refractivity (Wildman–Crippen MR) is 219 cm³/mol. The Balaban J connectivity index is 1.05. The van der Waals surface area contributed by atoms with E-state index >= 15 is 0 Å². The number of fused-ring (bicyclic) bond motifs is 2. The Bertz CT molecular complexity index is 2950. The minimum atomic E-state index is -4.43. The van der Waals surface area contributed by atoms with E-state index in [9.17, 15) is 28.0 Å². The second-order valence-electron chi connectivity index (χ2n) is 13.2. The van der Waals surface area contributed by atoms with Crippen molar-refractivity contribution in [1.82, 2.24) is 0 Å². The van der Waals surface area contributed by atoms with E-state index < -0.39 is 10.1 Å². The van der Waals surface area contributed by atoms with Crippen LogP contribution in [0.15, 0.2) is 151 Å². The molecule has 1 amide bonds. The Morgan fingerprint density at radius 3 is 1.88 bits per heavy atom. The van der Waals surface area contributed by atoms with Gasteiger partial charge in [-0.2, -0.15) is 28.9 Å². The average Bonchev–Trinajstić information content (AvgIpc) is 3.18. The standard InChI is InChI=1S/C42H34N8O6S/c1-23-18-36(24(2)17-35(23)47-45-31-13-9-26-5-4-6-40(33(26)21-31)57(54,55)56)48-49-37-22-39(51)38(19-25(37)3)50-46-34-16-10-28-20-30(14-15-32(28)41(34)52)44-42(53)27-7-11-29(43)12-8-27/h4-22,51-52H,43H2,1-3H3,(H,44,53)(H,54,55,56). The summed E-state index contributed by atoms with van der Waals surface area (Å²) in [6.45, 7) is 5.48. The molecule has 0 radical (unpaired) electrons. The van der Waals surface area contributed by atoms with Gasteiger partial charge in [0.2, 0.25) is 0 Å². The van der Waals surface area contributed by atoms with E-state index in [1.165, 1.54) is 12.1 Å². The molecule has 0 unspecified atom stereocenters. The van der Waals surface area contributed by atoms with Gasteiger partial charge in [-0.1, -0.05) is 24.3 Å². The lowest BCUT2D eigenvalue weighted by Gasteiger charge is -2.09. The lowest BCUT2D eigenvalue weighted by atomic mass is 10.1. The molecule has 0 heterocycles. The summed E-state index contributed by atoms with van der Waals surface area (Å²) in [6, 6.07) is 31.2. The molecule has 7 aromatic rings. The highest BCUT2D eigenvalue weighted by Crippen LogP contribution is 2.40. The molecule has 0 aliphatic heterocycles. The van der Waals surface area contributed by atoms with E-state index in [1.54, 1.807) is 110 Å². The molecule has 0 atom stereocenters. The molecule has 0 bridgehead atoms. The van der Waals surface area contributed by atoms with E-state index in [0.717, 1.165) is 11.1 Å².